The molecule has 108 valence electrons. The molecule has 0 amide bonds. The van der Waals surface area contributed by atoms with E-state index in [4.69, 9.17) is 4.74 Å². The van der Waals surface area contributed by atoms with E-state index >= 15 is 0 Å². The predicted molar refractivity (Wildman–Crippen MR) is 79.4 cm³/mol. The Hall–Kier alpha value is -1.06. The van der Waals surface area contributed by atoms with Gasteiger partial charge in [0.2, 0.25) is 0 Å². The molecular weight excluding hydrogens is 238 g/mol. The molecule has 0 heterocycles. The Bertz CT molecular complexity index is 364. The van der Waals surface area contributed by atoms with Crippen molar-refractivity contribution in [3.8, 4) is 5.75 Å². The number of aliphatic hydroxyl groups excluding tert-OH is 1. The zero-order valence-corrected chi connectivity index (χ0v) is 12.6. The minimum atomic E-state index is -0.00400. The largest absolute Gasteiger partial charge is 0.497 e. The number of ether oxygens (including phenoxy) is 1. The fourth-order valence-corrected chi connectivity index (χ4v) is 2.56. The second kappa shape index (κ2) is 7.51. The first kappa shape index (κ1) is 16.0. The zero-order chi connectivity index (χ0) is 14.3. The maximum atomic E-state index is 9.56. The molecule has 1 aromatic carbocycles. The van der Waals surface area contributed by atoms with Gasteiger partial charge in [-0.25, -0.2) is 0 Å². The minimum Gasteiger partial charge on any atom is -0.497 e. The molecule has 0 saturated carbocycles. The monoisotopic (exact) mass is 265 g/mol. The molecule has 3 heteroatoms. The molecule has 3 nitrogen and oxygen atoms in total. The van der Waals surface area contributed by atoms with E-state index in [-0.39, 0.29) is 12.0 Å². The van der Waals surface area contributed by atoms with Crippen LogP contribution in [0, 0.1) is 5.41 Å². The van der Waals surface area contributed by atoms with Crippen LogP contribution in [-0.2, 0) is 6.54 Å². The molecule has 0 spiro atoms. The number of rotatable bonds is 8. The lowest BCUT2D eigenvalue weighted by atomic mass is 9.86. The smallest absolute Gasteiger partial charge is 0.118 e. The predicted octanol–water partition coefficient (Wildman–Crippen LogP) is 2.93. The quantitative estimate of drug-likeness (QED) is 0.784. The summed E-state index contributed by atoms with van der Waals surface area (Å²) in [6, 6.07) is 8.15. The molecule has 19 heavy (non-hydrogen) atoms. The van der Waals surface area contributed by atoms with E-state index in [1.165, 1.54) is 5.56 Å². The van der Waals surface area contributed by atoms with Gasteiger partial charge in [-0.1, -0.05) is 32.4 Å². The molecule has 1 N–H and O–H groups in total. The van der Waals surface area contributed by atoms with Crippen molar-refractivity contribution in [2.75, 3.05) is 27.3 Å². The Labute approximate surface area is 117 Å². The highest BCUT2D eigenvalue weighted by molar-refractivity contribution is 5.27. The summed E-state index contributed by atoms with van der Waals surface area (Å²) in [6.45, 7) is 6.36. The van der Waals surface area contributed by atoms with Crippen LogP contribution in [0.4, 0.5) is 0 Å². The topological polar surface area (TPSA) is 32.7 Å². The van der Waals surface area contributed by atoms with E-state index in [1.54, 1.807) is 7.11 Å². The van der Waals surface area contributed by atoms with Gasteiger partial charge < -0.3 is 14.7 Å². The molecule has 0 aromatic heterocycles. The van der Waals surface area contributed by atoms with Gasteiger partial charge in [-0.3, -0.25) is 0 Å². The summed E-state index contributed by atoms with van der Waals surface area (Å²) in [6.07, 6.45) is 2.16. The summed E-state index contributed by atoms with van der Waals surface area (Å²) >= 11 is 0. The number of methoxy groups -OCH3 is 1. The van der Waals surface area contributed by atoms with E-state index in [1.807, 2.05) is 12.1 Å². The van der Waals surface area contributed by atoms with Gasteiger partial charge in [0, 0.05) is 25.1 Å². The summed E-state index contributed by atoms with van der Waals surface area (Å²) in [5.74, 6) is 0.887. The molecule has 0 fully saturated rings. The molecule has 1 unspecified atom stereocenters. The van der Waals surface area contributed by atoms with Crippen LogP contribution < -0.4 is 4.74 Å². The fraction of sp³-hybridized carbons (Fsp3) is 0.625. The first-order valence-electron chi connectivity index (χ1n) is 6.95. The number of benzene rings is 1. The Morgan fingerprint density at radius 2 is 1.89 bits per heavy atom. The summed E-state index contributed by atoms with van der Waals surface area (Å²) < 4.78 is 5.16. The third-order valence-corrected chi connectivity index (χ3v) is 3.50. The van der Waals surface area contributed by atoms with Crippen molar-refractivity contribution in [2.45, 2.75) is 33.2 Å². The van der Waals surface area contributed by atoms with Gasteiger partial charge >= 0.3 is 0 Å². The van der Waals surface area contributed by atoms with Crippen LogP contribution in [0.5, 0.6) is 5.75 Å². The lowest BCUT2D eigenvalue weighted by molar-refractivity contribution is 0.0878. The summed E-state index contributed by atoms with van der Waals surface area (Å²) in [7, 11) is 3.78. The number of hydrogen-bond acceptors (Lipinski definition) is 3. The van der Waals surface area contributed by atoms with Crippen LogP contribution in [0.25, 0.3) is 0 Å². The molecule has 1 aromatic rings. The molecule has 0 aliphatic carbocycles. The van der Waals surface area contributed by atoms with Crippen molar-refractivity contribution in [3.05, 3.63) is 29.8 Å². The Morgan fingerprint density at radius 3 is 2.37 bits per heavy atom. The van der Waals surface area contributed by atoms with Crippen LogP contribution in [0.2, 0.25) is 0 Å². The normalized spacial score (nSPS) is 14.4. The Balaban J connectivity index is 2.55. The van der Waals surface area contributed by atoms with Crippen molar-refractivity contribution in [1.29, 1.82) is 0 Å². The first-order chi connectivity index (χ1) is 9.03. The van der Waals surface area contributed by atoms with Gasteiger partial charge in [0.25, 0.3) is 0 Å². The van der Waals surface area contributed by atoms with Gasteiger partial charge in [-0.2, -0.15) is 0 Å². The van der Waals surface area contributed by atoms with E-state index < -0.39 is 0 Å². The number of aliphatic hydroxyl groups is 1. The maximum Gasteiger partial charge on any atom is 0.118 e. The summed E-state index contributed by atoms with van der Waals surface area (Å²) in [4.78, 5) is 2.27. The third-order valence-electron chi connectivity index (χ3n) is 3.50. The maximum absolute atomic E-state index is 9.56. The molecule has 0 bridgehead atoms. The second-order valence-electron chi connectivity index (χ2n) is 5.74. The van der Waals surface area contributed by atoms with Crippen molar-refractivity contribution < 1.29 is 9.84 Å². The Kier molecular flexibility index (Phi) is 6.32. The molecule has 0 aliphatic heterocycles. The number of nitrogens with zero attached hydrogens (tertiary/aromatic N) is 1. The van der Waals surface area contributed by atoms with Gasteiger partial charge in [-0.05, 0) is 31.2 Å². The van der Waals surface area contributed by atoms with Crippen LogP contribution >= 0.6 is 0 Å². The van der Waals surface area contributed by atoms with E-state index in [0.29, 0.717) is 0 Å². The van der Waals surface area contributed by atoms with Gasteiger partial charge in [0.1, 0.15) is 5.75 Å². The highest BCUT2D eigenvalue weighted by atomic mass is 16.5. The van der Waals surface area contributed by atoms with Crippen LogP contribution in [0.1, 0.15) is 32.3 Å². The van der Waals surface area contributed by atoms with Gasteiger partial charge in [0.05, 0.1) is 7.11 Å². The van der Waals surface area contributed by atoms with E-state index in [0.717, 1.165) is 31.7 Å². The van der Waals surface area contributed by atoms with E-state index in [9.17, 15) is 5.11 Å². The molecule has 0 radical (unpaired) electrons. The standard InChI is InChI=1S/C16H27NO2/c1-5-10-16(2,13-18)12-17(3)11-14-6-8-15(19-4)9-7-14/h6-9,18H,5,10-13H2,1-4H3. The third kappa shape index (κ3) is 5.21. The lowest BCUT2D eigenvalue weighted by Gasteiger charge is -2.32. The Morgan fingerprint density at radius 1 is 1.26 bits per heavy atom. The van der Waals surface area contributed by atoms with Crippen molar-refractivity contribution in [2.24, 2.45) is 5.41 Å². The van der Waals surface area contributed by atoms with E-state index in [2.05, 4.69) is 37.9 Å². The van der Waals surface area contributed by atoms with Crippen molar-refractivity contribution >= 4 is 0 Å². The molecule has 0 aliphatic rings. The van der Waals surface area contributed by atoms with Crippen LogP contribution in [0.15, 0.2) is 24.3 Å². The molecule has 1 rings (SSSR count). The molecule has 0 saturated heterocycles. The summed E-state index contributed by atoms with van der Waals surface area (Å²) in [5, 5.41) is 9.56. The number of hydrogen-bond donors (Lipinski definition) is 1. The SMILES string of the molecule is CCCC(C)(CO)CN(C)Cc1ccc(OC)cc1. The molecular formula is C16H27NO2. The zero-order valence-electron chi connectivity index (χ0n) is 12.6. The van der Waals surface area contributed by atoms with Crippen molar-refractivity contribution in [3.63, 3.8) is 0 Å². The highest BCUT2D eigenvalue weighted by Crippen LogP contribution is 2.24. The van der Waals surface area contributed by atoms with Gasteiger partial charge in [0.15, 0.2) is 0 Å². The molecule has 1 atom stereocenters. The van der Waals surface area contributed by atoms with Crippen molar-refractivity contribution in [1.82, 2.24) is 4.90 Å². The lowest BCUT2D eigenvalue weighted by Crippen LogP contribution is -2.35. The minimum absolute atomic E-state index is 0.00400. The van der Waals surface area contributed by atoms with Gasteiger partial charge in [-0.15, -0.1) is 0 Å². The first-order valence-corrected chi connectivity index (χ1v) is 6.95. The summed E-state index contributed by atoms with van der Waals surface area (Å²) in [5.41, 5.74) is 1.26. The average Bonchev–Trinajstić information content (AvgIpc) is 2.39. The van der Waals surface area contributed by atoms with Crippen LogP contribution in [0.3, 0.4) is 0 Å². The van der Waals surface area contributed by atoms with Crippen LogP contribution in [-0.4, -0.2) is 37.3 Å². The fourth-order valence-electron chi connectivity index (χ4n) is 2.56. The average molecular weight is 265 g/mol. The highest BCUT2D eigenvalue weighted by Gasteiger charge is 2.24. The second-order valence-corrected chi connectivity index (χ2v) is 5.74.